The molecule has 0 fully saturated rings. The number of hydrazone groups is 1. The number of carbonyl (C=O) groups is 6. The molecule has 2 amide bonds. The first-order valence-corrected chi connectivity index (χ1v) is 18.0. The third kappa shape index (κ3) is 12.3. The molecule has 2 radical (unpaired) electrons. The van der Waals surface area contributed by atoms with Crippen molar-refractivity contribution in [1.82, 2.24) is 24.4 Å². The number of aliphatic hydroxyl groups excluding tert-OH is 1. The number of rotatable bonds is 21. The number of aliphatic hydroxyl groups is 1. The number of nitrogens with one attached hydrogen (secondary N) is 4. The summed E-state index contributed by atoms with van der Waals surface area (Å²) in [5.41, 5.74) is -0.0305. The molecule has 2 aromatic heterocycles. The molecular weight excluding hydrogens is 820 g/mol. The predicted octanol–water partition coefficient (Wildman–Crippen LogP) is 2.13. The van der Waals surface area contributed by atoms with Gasteiger partial charge in [0.05, 0.1) is 47.2 Å². The Hall–Kier alpha value is -8.35. The van der Waals surface area contributed by atoms with Crippen molar-refractivity contribution in [1.29, 1.82) is 0 Å². The molecule has 0 aliphatic carbocycles. The largest absolute Gasteiger partial charge is 0.493 e. The molecule has 0 bridgehead atoms. The number of carbonyl (C=O) groups excluding carboxylic acids is 2. The summed E-state index contributed by atoms with van der Waals surface area (Å²) in [6, 6.07) is 7.38. The van der Waals surface area contributed by atoms with Gasteiger partial charge in [0, 0.05) is 38.8 Å². The van der Waals surface area contributed by atoms with Gasteiger partial charge in [-0.2, -0.15) is 25.2 Å². The highest BCUT2D eigenvalue weighted by molar-refractivity contribution is 6.41. The van der Waals surface area contributed by atoms with E-state index < -0.39 is 47.1 Å². The van der Waals surface area contributed by atoms with Crippen LogP contribution in [0.4, 0.5) is 34.9 Å². The van der Waals surface area contributed by atoms with Crippen molar-refractivity contribution in [2.75, 3.05) is 54.2 Å². The topological polar surface area (TPSA) is 373 Å². The van der Waals surface area contributed by atoms with Crippen LogP contribution in [0, 0.1) is 13.8 Å². The van der Waals surface area contributed by atoms with E-state index in [0.717, 1.165) is 47.0 Å². The van der Waals surface area contributed by atoms with Crippen molar-refractivity contribution in [2.45, 2.75) is 26.8 Å². The molecule has 0 saturated heterocycles. The zero-order valence-corrected chi connectivity index (χ0v) is 32.7. The summed E-state index contributed by atoms with van der Waals surface area (Å²) < 4.78 is 0.940. The normalized spacial score (nSPS) is 11.2. The Labute approximate surface area is 349 Å². The van der Waals surface area contributed by atoms with Crippen molar-refractivity contribution in [3.8, 4) is 5.88 Å². The highest BCUT2D eigenvalue weighted by Crippen LogP contribution is 2.31. The number of carboxylic acids is 4. The molecule has 0 unspecified atom stereocenters. The Kier molecular flexibility index (Phi) is 15.7. The van der Waals surface area contributed by atoms with Gasteiger partial charge in [-0.1, -0.05) is 6.92 Å². The number of pyridine rings is 1. The van der Waals surface area contributed by atoms with Gasteiger partial charge in [-0.15, -0.1) is 5.11 Å². The number of amides is 2. The monoisotopic (exact) mass is 858 g/mol. The fourth-order valence-corrected chi connectivity index (χ4v) is 5.26. The first kappa shape index (κ1) is 46.3. The van der Waals surface area contributed by atoms with Gasteiger partial charge in [-0.05, 0) is 55.3 Å². The van der Waals surface area contributed by atoms with E-state index >= 15 is 0 Å². The Morgan fingerprint density at radius 2 is 1.24 bits per heavy atom. The number of aromatic nitrogens is 4. The third-order valence-electron chi connectivity index (χ3n) is 8.23. The van der Waals surface area contributed by atoms with E-state index in [0.29, 0.717) is 4.90 Å². The van der Waals surface area contributed by atoms with Crippen LogP contribution in [0.3, 0.4) is 0 Å². The first-order valence-electron chi connectivity index (χ1n) is 18.0. The zero-order valence-electron chi connectivity index (χ0n) is 32.7. The second kappa shape index (κ2) is 21.1. The summed E-state index contributed by atoms with van der Waals surface area (Å²) in [7, 11) is 0. The van der Waals surface area contributed by atoms with E-state index in [4.69, 9.17) is 6.92 Å². The van der Waals surface area contributed by atoms with Gasteiger partial charge in [0.1, 0.15) is 11.4 Å². The standard InChI is InChI=1S/C37H38N12O13/c1-4-26(46-44-24-14-20(31(55)56)12-21(15-24)32(57)58)29(53)48(19(3)51)8-5-38-35-41-36(43-37(42-35)40-7-10-50)39-6-9-49-27(52)11-18(2)28(30(49)54)47-45-25-16-22(33(59)60)13-23(17-25)34(61)62/h3,11-17,44,50,54H,4-10H2,1-2H3,(H,55,56)(H,57,58)(H,59,60)(H,61,62)(H3,38,39,40,41,42,43). The maximum Gasteiger partial charge on any atom is 0.335 e. The number of hydrogen-bond acceptors (Lipinski definition) is 19. The van der Waals surface area contributed by atoms with Crippen LogP contribution in [0.2, 0.25) is 0 Å². The van der Waals surface area contributed by atoms with Crippen LogP contribution < -0.4 is 26.9 Å². The van der Waals surface area contributed by atoms with Gasteiger partial charge >= 0.3 is 23.9 Å². The van der Waals surface area contributed by atoms with E-state index in [-0.39, 0.29) is 114 Å². The van der Waals surface area contributed by atoms with E-state index in [1.807, 2.05) is 0 Å². The number of anilines is 4. The predicted molar refractivity (Wildman–Crippen MR) is 217 cm³/mol. The van der Waals surface area contributed by atoms with Crippen molar-refractivity contribution < 1.29 is 59.4 Å². The number of aryl methyl sites for hydroxylation is 1. The molecule has 25 heteroatoms. The fourth-order valence-electron chi connectivity index (χ4n) is 5.26. The molecule has 62 heavy (non-hydrogen) atoms. The van der Waals surface area contributed by atoms with Crippen molar-refractivity contribution in [3.05, 3.63) is 87.6 Å². The maximum atomic E-state index is 13.3. The molecule has 0 aliphatic heterocycles. The fraction of sp³-hybridized carbons (Fsp3) is 0.243. The van der Waals surface area contributed by atoms with Gasteiger partial charge in [0.25, 0.3) is 11.5 Å². The van der Waals surface area contributed by atoms with E-state index in [1.54, 1.807) is 0 Å². The molecule has 4 rings (SSSR count). The van der Waals surface area contributed by atoms with Crippen LogP contribution in [0.15, 0.2) is 62.6 Å². The van der Waals surface area contributed by atoms with Crippen LogP contribution in [0.25, 0.3) is 0 Å². The highest BCUT2D eigenvalue weighted by Gasteiger charge is 2.23. The minimum Gasteiger partial charge on any atom is -0.493 e. The molecule has 324 valence electrons. The summed E-state index contributed by atoms with van der Waals surface area (Å²) in [6.07, 6.45) is -0.0356. The van der Waals surface area contributed by atoms with Gasteiger partial charge < -0.3 is 46.6 Å². The van der Waals surface area contributed by atoms with E-state index in [1.165, 1.54) is 13.8 Å². The van der Waals surface area contributed by atoms with Crippen LogP contribution in [0.1, 0.15) is 60.3 Å². The van der Waals surface area contributed by atoms with Gasteiger partial charge in [-0.25, -0.2) is 19.2 Å². The minimum atomic E-state index is -1.41. The molecule has 10 N–H and O–H groups in total. The number of hydrogen-bond donors (Lipinski definition) is 10. The lowest BCUT2D eigenvalue weighted by atomic mass is 10.1. The van der Waals surface area contributed by atoms with Crippen LogP contribution >= 0.6 is 0 Å². The van der Waals surface area contributed by atoms with Crippen molar-refractivity contribution >= 4 is 76.3 Å². The van der Waals surface area contributed by atoms with E-state index in [2.05, 4.69) is 51.7 Å². The minimum absolute atomic E-state index is 0.0255. The second-order valence-electron chi connectivity index (χ2n) is 12.6. The lowest BCUT2D eigenvalue weighted by molar-refractivity contribution is -0.137. The van der Waals surface area contributed by atoms with Crippen molar-refractivity contribution in [3.63, 3.8) is 0 Å². The van der Waals surface area contributed by atoms with Gasteiger partial charge in [0.2, 0.25) is 29.6 Å². The molecule has 2 heterocycles. The smallest absolute Gasteiger partial charge is 0.335 e. The van der Waals surface area contributed by atoms with Crippen LogP contribution in [0.5, 0.6) is 5.88 Å². The van der Waals surface area contributed by atoms with Crippen LogP contribution in [-0.4, -0.2) is 129 Å². The zero-order chi connectivity index (χ0) is 45.7. The lowest BCUT2D eigenvalue weighted by Gasteiger charge is -2.20. The summed E-state index contributed by atoms with van der Waals surface area (Å²) in [5, 5.41) is 77.9. The SMILES string of the molecule is [CH]C(=O)N(CCNc1nc(NCCO)nc(NCCn2c(O)c(N=Nc3cc(C(=O)O)cc(C(=O)O)c3)c(C)cc2=O)n1)C(=O)C(CC)=NNc1cc(C(=O)O)cc(C(=O)O)c1. The third-order valence-corrected chi connectivity index (χ3v) is 8.23. The maximum absolute atomic E-state index is 13.3. The molecule has 2 aromatic carbocycles. The number of carboxylic acid groups (broad SMARTS) is 4. The van der Waals surface area contributed by atoms with Crippen LogP contribution in [-0.2, 0) is 16.1 Å². The number of imide groups is 1. The summed E-state index contributed by atoms with van der Waals surface area (Å²) >= 11 is 0. The Morgan fingerprint density at radius 3 is 1.73 bits per heavy atom. The van der Waals surface area contributed by atoms with Crippen molar-refractivity contribution in [2.24, 2.45) is 15.3 Å². The van der Waals surface area contributed by atoms with Gasteiger partial charge in [0.15, 0.2) is 0 Å². The summed E-state index contributed by atoms with van der Waals surface area (Å²) in [5.74, 6) is -8.49. The quantitative estimate of drug-likeness (QED) is 0.0326. The number of aromatic hydroxyl groups is 1. The Balaban J connectivity index is 1.48. The molecule has 4 aromatic rings. The first-order chi connectivity index (χ1) is 29.4. The lowest BCUT2D eigenvalue weighted by Crippen LogP contribution is -2.42. The number of azo groups is 1. The highest BCUT2D eigenvalue weighted by atomic mass is 16.4. The average molecular weight is 859 g/mol. The number of nitrogens with zero attached hydrogens (tertiary/aromatic N) is 8. The summed E-state index contributed by atoms with van der Waals surface area (Å²) in [6.45, 7) is 7.43. The van der Waals surface area contributed by atoms with Gasteiger partial charge in [-0.3, -0.25) is 29.3 Å². The Morgan fingerprint density at radius 1 is 0.742 bits per heavy atom. The molecule has 0 spiro atoms. The molecule has 25 nitrogen and oxygen atoms in total. The number of aromatic carboxylic acids is 4. The second-order valence-corrected chi connectivity index (χ2v) is 12.6. The van der Waals surface area contributed by atoms with E-state index in [9.17, 15) is 64.2 Å². The molecule has 0 saturated carbocycles. The molecular formula is C37H38N12O13. The Bertz CT molecular complexity index is 2460. The number of benzene rings is 2. The summed E-state index contributed by atoms with van der Waals surface area (Å²) in [4.78, 5) is 97.7. The average Bonchev–Trinajstić information content (AvgIpc) is 3.22. The molecule has 0 atom stereocenters. The molecule has 0 aliphatic rings.